The smallest absolute Gasteiger partial charge is 0.234 e. The lowest BCUT2D eigenvalue weighted by Gasteiger charge is -2.13. The van der Waals surface area contributed by atoms with Crippen LogP contribution in [0.1, 0.15) is 36.1 Å². The number of aryl methyl sites for hydroxylation is 3. The van der Waals surface area contributed by atoms with Crippen molar-refractivity contribution in [3.8, 4) is 0 Å². The zero-order valence-electron chi connectivity index (χ0n) is 12.5. The van der Waals surface area contributed by atoms with Gasteiger partial charge < -0.3 is 10.6 Å². The number of hydrogen-bond acceptors (Lipinski definition) is 2. The van der Waals surface area contributed by atoms with Crippen LogP contribution in [0.25, 0.3) is 0 Å². The van der Waals surface area contributed by atoms with Crippen LogP contribution in [0, 0.1) is 20.8 Å². The fraction of sp³-hybridized carbons (Fsp3) is 0.533. The van der Waals surface area contributed by atoms with E-state index in [0.29, 0.717) is 6.54 Å². The molecule has 3 nitrogen and oxygen atoms in total. The van der Waals surface area contributed by atoms with Gasteiger partial charge in [0.2, 0.25) is 5.91 Å². The van der Waals surface area contributed by atoms with Gasteiger partial charge in [0.25, 0.3) is 0 Å². The predicted molar refractivity (Wildman–Crippen MR) is 82.9 cm³/mol. The zero-order valence-corrected chi connectivity index (χ0v) is 13.3. The Kier molecular flexibility index (Phi) is 7.72. The Morgan fingerprint density at radius 1 is 1.16 bits per heavy atom. The normalized spacial score (nSPS) is 10.2. The van der Waals surface area contributed by atoms with Crippen molar-refractivity contribution in [2.24, 2.45) is 0 Å². The Morgan fingerprint density at radius 2 is 1.68 bits per heavy atom. The molecule has 0 aliphatic heterocycles. The molecule has 1 aromatic carbocycles. The Morgan fingerprint density at radius 3 is 2.16 bits per heavy atom. The number of hydrogen-bond donors (Lipinski definition) is 2. The number of halogens is 1. The molecule has 2 N–H and O–H groups in total. The lowest BCUT2D eigenvalue weighted by Crippen LogP contribution is -2.37. The van der Waals surface area contributed by atoms with E-state index in [-0.39, 0.29) is 24.4 Å². The number of carbonyl (C=O) groups excluding carboxylic acids is 1. The molecule has 0 bridgehead atoms. The average molecular weight is 285 g/mol. The van der Waals surface area contributed by atoms with Crippen molar-refractivity contribution >= 4 is 18.3 Å². The molecule has 0 atom stereocenters. The van der Waals surface area contributed by atoms with Crippen LogP contribution in [0.2, 0.25) is 0 Å². The largest absolute Gasteiger partial charge is 0.353 e. The Bertz CT molecular complexity index is 407. The molecule has 0 saturated heterocycles. The summed E-state index contributed by atoms with van der Waals surface area (Å²) in [4.78, 5) is 11.5. The van der Waals surface area contributed by atoms with Crippen LogP contribution in [0.15, 0.2) is 12.1 Å². The highest BCUT2D eigenvalue weighted by Crippen LogP contribution is 2.15. The third-order valence-electron chi connectivity index (χ3n) is 2.88. The first kappa shape index (κ1) is 17.9. The first-order valence-electron chi connectivity index (χ1n) is 6.47. The molecule has 0 radical (unpaired) electrons. The summed E-state index contributed by atoms with van der Waals surface area (Å²) in [5.41, 5.74) is 5.14. The molecule has 108 valence electrons. The van der Waals surface area contributed by atoms with Gasteiger partial charge in [0, 0.05) is 12.6 Å². The van der Waals surface area contributed by atoms with Crippen molar-refractivity contribution < 1.29 is 4.79 Å². The number of nitrogens with one attached hydrogen (secondary N) is 2. The summed E-state index contributed by atoms with van der Waals surface area (Å²) < 4.78 is 0. The molecule has 0 aromatic heterocycles. The van der Waals surface area contributed by atoms with E-state index >= 15 is 0 Å². The Balaban J connectivity index is 0.00000324. The summed E-state index contributed by atoms with van der Waals surface area (Å²) in [5.74, 6) is 0.0485. The quantitative estimate of drug-likeness (QED) is 0.873. The molecule has 0 spiro atoms. The minimum atomic E-state index is 0. The summed E-state index contributed by atoms with van der Waals surface area (Å²) in [5, 5.41) is 6.06. The van der Waals surface area contributed by atoms with Crippen molar-refractivity contribution in [3.05, 3.63) is 34.4 Å². The van der Waals surface area contributed by atoms with E-state index < -0.39 is 0 Å². The fourth-order valence-corrected chi connectivity index (χ4v) is 2.16. The second-order valence-corrected chi connectivity index (χ2v) is 5.20. The van der Waals surface area contributed by atoms with Gasteiger partial charge in [0.15, 0.2) is 0 Å². The van der Waals surface area contributed by atoms with Crippen LogP contribution in [-0.4, -0.2) is 18.5 Å². The van der Waals surface area contributed by atoms with Gasteiger partial charge in [-0.05, 0) is 51.3 Å². The van der Waals surface area contributed by atoms with Crippen LogP contribution >= 0.6 is 12.4 Å². The van der Waals surface area contributed by atoms with Gasteiger partial charge in [-0.15, -0.1) is 12.4 Å². The van der Waals surface area contributed by atoms with E-state index in [1.165, 1.54) is 22.3 Å². The monoisotopic (exact) mass is 284 g/mol. The third kappa shape index (κ3) is 6.08. The molecule has 0 heterocycles. The van der Waals surface area contributed by atoms with Crippen LogP contribution in [0.4, 0.5) is 0 Å². The van der Waals surface area contributed by atoms with E-state index in [1.807, 2.05) is 13.8 Å². The maximum absolute atomic E-state index is 11.5. The summed E-state index contributed by atoms with van der Waals surface area (Å²) in [6.45, 7) is 11.4. The minimum absolute atomic E-state index is 0. The second kappa shape index (κ2) is 8.18. The van der Waals surface area contributed by atoms with Gasteiger partial charge in [-0.25, -0.2) is 0 Å². The van der Waals surface area contributed by atoms with Crippen LogP contribution in [-0.2, 0) is 11.3 Å². The Hall–Kier alpha value is -1.06. The average Bonchev–Trinajstić information content (AvgIpc) is 2.20. The summed E-state index contributed by atoms with van der Waals surface area (Å²) in [6.07, 6.45) is 0. The Labute approximate surface area is 122 Å². The number of rotatable bonds is 5. The summed E-state index contributed by atoms with van der Waals surface area (Å²) in [6, 6.07) is 4.55. The molecule has 0 saturated carbocycles. The summed E-state index contributed by atoms with van der Waals surface area (Å²) >= 11 is 0. The van der Waals surface area contributed by atoms with Crippen molar-refractivity contribution in [2.45, 2.75) is 47.2 Å². The number of carbonyl (C=O) groups is 1. The van der Waals surface area contributed by atoms with Crippen molar-refractivity contribution in [2.75, 3.05) is 6.54 Å². The van der Waals surface area contributed by atoms with Gasteiger partial charge in [-0.2, -0.15) is 0 Å². The SMILES string of the molecule is Cc1cc(C)c(CNCC(=O)NC(C)C)c(C)c1.Cl. The second-order valence-electron chi connectivity index (χ2n) is 5.20. The molecule has 0 unspecified atom stereocenters. The minimum Gasteiger partial charge on any atom is -0.353 e. The summed E-state index contributed by atoms with van der Waals surface area (Å²) in [7, 11) is 0. The lowest BCUT2D eigenvalue weighted by molar-refractivity contribution is -0.120. The molecule has 0 aliphatic rings. The molecule has 4 heteroatoms. The molecule has 19 heavy (non-hydrogen) atoms. The fourth-order valence-electron chi connectivity index (χ4n) is 2.16. The molecular weight excluding hydrogens is 260 g/mol. The van der Waals surface area contributed by atoms with Gasteiger partial charge in [-0.1, -0.05) is 17.7 Å². The topological polar surface area (TPSA) is 41.1 Å². The number of amides is 1. The zero-order chi connectivity index (χ0) is 13.7. The van der Waals surface area contributed by atoms with Gasteiger partial charge >= 0.3 is 0 Å². The first-order chi connectivity index (χ1) is 8.40. The van der Waals surface area contributed by atoms with Crippen LogP contribution in [0.5, 0.6) is 0 Å². The first-order valence-corrected chi connectivity index (χ1v) is 6.47. The van der Waals surface area contributed by atoms with Crippen molar-refractivity contribution in [1.82, 2.24) is 10.6 Å². The molecule has 1 amide bonds. The van der Waals surface area contributed by atoms with E-state index in [0.717, 1.165) is 6.54 Å². The van der Waals surface area contributed by atoms with E-state index in [4.69, 9.17) is 0 Å². The lowest BCUT2D eigenvalue weighted by atomic mass is 10.00. The van der Waals surface area contributed by atoms with E-state index in [1.54, 1.807) is 0 Å². The van der Waals surface area contributed by atoms with Gasteiger partial charge in [-0.3, -0.25) is 4.79 Å². The highest BCUT2D eigenvalue weighted by Gasteiger charge is 2.06. The highest BCUT2D eigenvalue weighted by atomic mass is 35.5. The third-order valence-corrected chi connectivity index (χ3v) is 2.88. The molecular formula is C15H25ClN2O. The van der Waals surface area contributed by atoms with Gasteiger partial charge in [0.05, 0.1) is 6.54 Å². The maximum Gasteiger partial charge on any atom is 0.234 e. The molecule has 0 aliphatic carbocycles. The standard InChI is InChI=1S/C15H24N2O.ClH/c1-10(2)17-15(18)9-16-8-14-12(4)6-11(3)7-13(14)5;/h6-7,10,16H,8-9H2,1-5H3,(H,17,18);1H. The van der Waals surface area contributed by atoms with E-state index in [2.05, 4.69) is 43.5 Å². The van der Waals surface area contributed by atoms with Crippen molar-refractivity contribution in [1.29, 1.82) is 0 Å². The van der Waals surface area contributed by atoms with Crippen LogP contribution < -0.4 is 10.6 Å². The predicted octanol–water partition coefficient (Wildman–Crippen LogP) is 2.65. The van der Waals surface area contributed by atoms with Crippen molar-refractivity contribution in [3.63, 3.8) is 0 Å². The molecule has 1 rings (SSSR count). The maximum atomic E-state index is 11.5. The van der Waals surface area contributed by atoms with E-state index in [9.17, 15) is 4.79 Å². The number of benzene rings is 1. The highest BCUT2D eigenvalue weighted by molar-refractivity contribution is 5.85. The molecule has 1 aromatic rings. The van der Waals surface area contributed by atoms with Crippen LogP contribution in [0.3, 0.4) is 0 Å². The molecule has 0 fully saturated rings. The van der Waals surface area contributed by atoms with Gasteiger partial charge in [0.1, 0.15) is 0 Å².